The number of hydrogen-bond acceptors (Lipinski definition) is 5. The number of amides is 1. The molecule has 2 N–H and O–H groups in total. The molecule has 4 nitrogen and oxygen atoms in total. The number of benzene rings is 1. The van der Waals surface area contributed by atoms with Crippen LogP contribution in [-0.2, 0) is 0 Å². The lowest BCUT2D eigenvalue weighted by molar-refractivity contribution is -0.0328. The first-order valence-electron chi connectivity index (χ1n) is 8.29. The molecule has 1 amide bonds. The van der Waals surface area contributed by atoms with Crippen LogP contribution in [-0.4, -0.2) is 27.3 Å². The Bertz CT molecular complexity index is 855. The summed E-state index contributed by atoms with van der Waals surface area (Å²) in [5, 5.41) is 12.4. The van der Waals surface area contributed by atoms with E-state index in [0.717, 1.165) is 47.3 Å². The second-order valence-corrected chi connectivity index (χ2v) is 8.45. The summed E-state index contributed by atoms with van der Waals surface area (Å²) in [6.07, 6.45) is 3.89. The maximum atomic E-state index is 12.6. The lowest BCUT2D eigenvalue weighted by Crippen LogP contribution is -2.15. The average Bonchev–Trinajstić information content (AvgIpc) is 3.42. The van der Waals surface area contributed by atoms with Gasteiger partial charge >= 0.3 is 5.51 Å². The number of anilines is 1. The van der Waals surface area contributed by atoms with Crippen molar-refractivity contribution in [3.05, 3.63) is 41.7 Å². The molecule has 1 fully saturated rings. The Morgan fingerprint density at radius 3 is 2.70 bits per heavy atom. The van der Waals surface area contributed by atoms with Gasteiger partial charge in [0.15, 0.2) is 0 Å². The molecule has 0 radical (unpaired) electrons. The summed E-state index contributed by atoms with van der Waals surface area (Å²) in [6.45, 7) is 1.96. The molecule has 1 aliphatic carbocycles. The van der Waals surface area contributed by atoms with Crippen LogP contribution in [0.4, 0.5) is 18.9 Å². The first kappa shape index (κ1) is 19.9. The molecule has 2 aromatic rings. The number of phenols is 1. The van der Waals surface area contributed by atoms with Gasteiger partial charge in [0, 0.05) is 16.0 Å². The van der Waals surface area contributed by atoms with Gasteiger partial charge in [-0.3, -0.25) is 4.79 Å². The van der Waals surface area contributed by atoms with E-state index >= 15 is 0 Å². The number of rotatable bonds is 6. The highest BCUT2D eigenvalue weighted by molar-refractivity contribution is 8.00. The number of phenolic OH excluding ortho intramolecular Hbond substituents is 1. The van der Waals surface area contributed by atoms with Gasteiger partial charge in [-0.05, 0) is 66.1 Å². The van der Waals surface area contributed by atoms with E-state index < -0.39 is 11.4 Å². The van der Waals surface area contributed by atoms with Gasteiger partial charge in [-0.1, -0.05) is 6.92 Å². The van der Waals surface area contributed by atoms with Crippen molar-refractivity contribution in [3.63, 3.8) is 0 Å². The van der Waals surface area contributed by atoms with Crippen molar-refractivity contribution in [1.82, 2.24) is 4.98 Å². The lowest BCUT2D eigenvalue weighted by Gasteiger charge is -2.12. The smallest absolute Gasteiger partial charge is 0.446 e. The number of nitrogens with zero attached hydrogens (tertiary/aromatic N) is 1. The highest BCUT2D eigenvalue weighted by atomic mass is 32.2. The normalized spacial score (nSPS) is 14.2. The number of nitrogens with one attached hydrogen (secondary N) is 1. The molecule has 1 aromatic heterocycles. The Morgan fingerprint density at radius 2 is 2.07 bits per heavy atom. The Balaban J connectivity index is 1.83. The number of aromatic hydroxyl groups is 1. The molecule has 1 aromatic carbocycles. The third-order valence-corrected chi connectivity index (χ3v) is 5.52. The Kier molecular flexibility index (Phi) is 5.90. The molecule has 9 heteroatoms. The largest absolute Gasteiger partial charge is 0.506 e. The van der Waals surface area contributed by atoms with Crippen LogP contribution < -0.4 is 5.32 Å². The van der Waals surface area contributed by atoms with E-state index in [1.165, 1.54) is 11.8 Å². The summed E-state index contributed by atoms with van der Waals surface area (Å²) in [5.41, 5.74) is -3.26. The number of pyridine rings is 1. The molecule has 3 rings (SSSR count). The topological polar surface area (TPSA) is 62.2 Å². The maximum Gasteiger partial charge on any atom is 0.446 e. The number of thioether (sulfide) groups is 2. The van der Waals surface area contributed by atoms with Crippen molar-refractivity contribution < 1.29 is 23.1 Å². The molecular weight excluding hydrogens is 397 g/mol. The van der Waals surface area contributed by atoms with E-state index in [0.29, 0.717) is 5.92 Å². The van der Waals surface area contributed by atoms with Crippen LogP contribution in [0, 0.1) is 0 Å². The molecular formula is C18H17F3N2O2S2. The van der Waals surface area contributed by atoms with Gasteiger partial charge in [0.05, 0.1) is 5.69 Å². The first-order chi connectivity index (χ1) is 12.8. The number of carbonyl (C=O) groups excluding carboxylic acids is 1. The van der Waals surface area contributed by atoms with Gasteiger partial charge in [0.2, 0.25) is 0 Å². The van der Waals surface area contributed by atoms with Gasteiger partial charge in [0.25, 0.3) is 5.91 Å². The zero-order chi connectivity index (χ0) is 19.6. The van der Waals surface area contributed by atoms with Crippen molar-refractivity contribution >= 4 is 35.1 Å². The van der Waals surface area contributed by atoms with Crippen molar-refractivity contribution in [2.45, 2.75) is 41.0 Å². The predicted octanol–water partition coefficient (Wildman–Crippen LogP) is 5.64. The fourth-order valence-corrected chi connectivity index (χ4v) is 3.92. The van der Waals surface area contributed by atoms with E-state index in [4.69, 9.17) is 0 Å². The fourth-order valence-electron chi connectivity index (χ4n) is 2.53. The molecule has 1 heterocycles. The van der Waals surface area contributed by atoms with Crippen molar-refractivity contribution in [3.8, 4) is 5.75 Å². The van der Waals surface area contributed by atoms with Crippen LogP contribution in [0.2, 0.25) is 0 Å². The molecule has 1 aliphatic rings. The van der Waals surface area contributed by atoms with Crippen molar-refractivity contribution in [1.29, 1.82) is 0 Å². The van der Waals surface area contributed by atoms with E-state index in [-0.39, 0.29) is 33.8 Å². The molecule has 0 unspecified atom stereocenters. The van der Waals surface area contributed by atoms with Gasteiger partial charge in [-0.2, -0.15) is 13.2 Å². The SMILES string of the molecule is CCSc1cc(C2CC2)cnc1C(=O)Nc1cc(SC(F)(F)F)ccc1O. The molecule has 0 bridgehead atoms. The first-order valence-corrected chi connectivity index (χ1v) is 10.1. The second-order valence-electron chi connectivity index (χ2n) is 6.00. The highest BCUT2D eigenvalue weighted by Crippen LogP contribution is 2.42. The summed E-state index contributed by atoms with van der Waals surface area (Å²) in [6, 6.07) is 5.30. The maximum absolute atomic E-state index is 12.6. The van der Waals surface area contributed by atoms with Crippen LogP contribution in [0.3, 0.4) is 0 Å². The summed E-state index contributed by atoms with van der Waals surface area (Å²) in [7, 11) is 0. The van der Waals surface area contributed by atoms with Crippen LogP contribution in [0.5, 0.6) is 5.75 Å². The van der Waals surface area contributed by atoms with Crippen molar-refractivity contribution in [2.75, 3.05) is 11.1 Å². The van der Waals surface area contributed by atoms with Crippen LogP contribution in [0.25, 0.3) is 0 Å². The van der Waals surface area contributed by atoms with Crippen LogP contribution >= 0.6 is 23.5 Å². The molecule has 0 spiro atoms. The molecule has 0 atom stereocenters. The zero-order valence-electron chi connectivity index (χ0n) is 14.3. The molecule has 144 valence electrons. The number of aromatic nitrogens is 1. The van der Waals surface area contributed by atoms with Gasteiger partial charge in [0.1, 0.15) is 11.4 Å². The monoisotopic (exact) mass is 414 g/mol. The summed E-state index contributed by atoms with van der Waals surface area (Å²) in [5.74, 6) is 0.358. The van der Waals surface area contributed by atoms with Crippen LogP contribution in [0.1, 0.15) is 41.7 Å². The van der Waals surface area contributed by atoms with E-state index in [1.54, 1.807) is 6.20 Å². The third kappa shape index (κ3) is 5.32. The van der Waals surface area contributed by atoms with E-state index in [2.05, 4.69) is 10.3 Å². The Labute approximate surface area is 163 Å². The molecule has 1 saturated carbocycles. The molecule has 27 heavy (non-hydrogen) atoms. The standard InChI is InChI=1S/C18H17F3N2O2S2/c1-2-26-15-7-11(10-3-4-10)9-22-16(15)17(25)23-13-8-12(5-6-14(13)24)27-18(19,20)21/h5-10,24H,2-4H2,1H3,(H,23,25). The van der Waals surface area contributed by atoms with E-state index in [9.17, 15) is 23.1 Å². The molecule has 0 saturated heterocycles. The lowest BCUT2D eigenvalue weighted by atomic mass is 10.1. The highest BCUT2D eigenvalue weighted by Gasteiger charge is 2.30. The number of halogens is 3. The minimum atomic E-state index is -4.45. The zero-order valence-corrected chi connectivity index (χ0v) is 16.0. The fraction of sp³-hybridized carbons (Fsp3) is 0.333. The second kappa shape index (κ2) is 8.02. The number of alkyl halides is 3. The summed E-state index contributed by atoms with van der Waals surface area (Å²) >= 11 is 1.16. The Hall–Kier alpha value is -1.87. The van der Waals surface area contributed by atoms with Gasteiger partial charge < -0.3 is 10.4 Å². The minimum absolute atomic E-state index is 0.0882. The third-order valence-electron chi connectivity index (χ3n) is 3.89. The minimum Gasteiger partial charge on any atom is -0.506 e. The van der Waals surface area contributed by atoms with Gasteiger partial charge in [-0.25, -0.2) is 4.98 Å². The predicted molar refractivity (Wildman–Crippen MR) is 101 cm³/mol. The van der Waals surface area contributed by atoms with Gasteiger partial charge in [-0.15, -0.1) is 11.8 Å². The number of carbonyl (C=O) groups is 1. The molecule has 0 aliphatic heterocycles. The number of hydrogen-bond donors (Lipinski definition) is 2. The van der Waals surface area contributed by atoms with E-state index in [1.807, 2.05) is 13.0 Å². The van der Waals surface area contributed by atoms with Crippen molar-refractivity contribution in [2.24, 2.45) is 0 Å². The summed E-state index contributed by atoms with van der Waals surface area (Å²) in [4.78, 5) is 17.5. The Morgan fingerprint density at radius 1 is 1.33 bits per heavy atom. The summed E-state index contributed by atoms with van der Waals surface area (Å²) < 4.78 is 37.6. The van der Waals surface area contributed by atoms with Crippen LogP contribution in [0.15, 0.2) is 40.3 Å². The quantitative estimate of drug-likeness (QED) is 0.473. The average molecular weight is 414 g/mol.